The van der Waals surface area contributed by atoms with E-state index in [0.717, 1.165) is 6.54 Å². The van der Waals surface area contributed by atoms with Crippen molar-refractivity contribution in [3.05, 3.63) is 0 Å². The molecular formula is C13H25N3. The van der Waals surface area contributed by atoms with Crippen LogP contribution in [0.2, 0.25) is 0 Å². The average Bonchev–Trinajstić information content (AvgIpc) is 2.26. The first-order valence-electron chi connectivity index (χ1n) is 6.49. The molecule has 1 rings (SSSR count). The van der Waals surface area contributed by atoms with Crippen LogP contribution in [-0.4, -0.2) is 49.6 Å². The molecule has 0 aromatic carbocycles. The molecule has 0 aliphatic carbocycles. The van der Waals surface area contributed by atoms with E-state index in [4.69, 9.17) is 5.26 Å². The predicted octanol–water partition coefficient (Wildman–Crippen LogP) is 2.10. The molecule has 1 atom stereocenters. The van der Waals surface area contributed by atoms with E-state index in [-0.39, 0.29) is 0 Å². The van der Waals surface area contributed by atoms with Gasteiger partial charge in [-0.1, -0.05) is 12.8 Å². The lowest BCUT2D eigenvalue weighted by Crippen LogP contribution is -2.39. The fourth-order valence-electron chi connectivity index (χ4n) is 2.49. The monoisotopic (exact) mass is 223 g/mol. The van der Waals surface area contributed by atoms with Crippen LogP contribution in [0.4, 0.5) is 0 Å². The van der Waals surface area contributed by atoms with Crippen LogP contribution in [0.5, 0.6) is 0 Å². The highest BCUT2D eigenvalue weighted by Crippen LogP contribution is 2.20. The van der Waals surface area contributed by atoms with Gasteiger partial charge in [-0.25, -0.2) is 0 Å². The predicted molar refractivity (Wildman–Crippen MR) is 67.2 cm³/mol. The molecule has 16 heavy (non-hydrogen) atoms. The SMILES string of the molecule is CN(C)CCCCC1CCCCN1CC#N. The van der Waals surface area contributed by atoms with Crippen LogP contribution in [0.15, 0.2) is 0 Å². The van der Waals surface area contributed by atoms with Crippen LogP contribution in [0.1, 0.15) is 38.5 Å². The Bertz CT molecular complexity index is 220. The Balaban J connectivity index is 2.19. The van der Waals surface area contributed by atoms with Gasteiger partial charge >= 0.3 is 0 Å². The molecule has 1 saturated heterocycles. The van der Waals surface area contributed by atoms with Gasteiger partial charge in [-0.3, -0.25) is 4.90 Å². The number of hydrogen-bond donors (Lipinski definition) is 0. The topological polar surface area (TPSA) is 30.3 Å². The van der Waals surface area contributed by atoms with E-state index in [1.54, 1.807) is 0 Å². The molecule has 1 unspecified atom stereocenters. The van der Waals surface area contributed by atoms with Crippen molar-refractivity contribution in [3.63, 3.8) is 0 Å². The van der Waals surface area contributed by atoms with Gasteiger partial charge in [0.2, 0.25) is 0 Å². The summed E-state index contributed by atoms with van der Waals surface area (Å²) < 4.78 is 0. The van der Waals surface area contributed by atoms with Crippen LogP contribution in [-0.2, 0) is 0 Å². The molecule has 0 N–H and O–H groups in total. The van der Waals surface area contributed by atoms with Crippen LogP contribution >= 0.6 is 0 Å². The molecule has 0 aromatic rings. The first-order chi connectivity index (χ1) is 7.74. The first kappa shape index (κ1) is 13.5. The number of likely N-dealkylation sites (tertiary alicyclic amines) is 1. The molecule has 92 valence electrons. The Morgan fingerprint density at radius 2 is 2.12 bits per heavy atom. The lowest BCUT2D eigenvalue weighted by molar-refractivity contribution is 0.155. The summed E-state index contributed by atoms with van der Waals surface area (Å²) in [6.45, 7) is 2.94. The summed E-state index contributed by atoms with van der Waals surface area (Å²) in [6.07, 6.45) is 7.77. The van der Waals surface area contributed by atoms with Crippen molar-refractivity contribution in [2.75, 3.05) is 33.7 Å². The minimum Gasteiger partial charge on any atom is -0.309 e. The fraction of sp³-hybridized carbons (Fsp3) is 0.923. The van der Waals surface area contributed by atoms with Crippen molar-refractivity contribution in [1.82, 2.24) is 9.80 Å². The van der Waals surface area contributed by atoms with Crippen LogP contribution < -0.4 is 0 Å². The highest BCUT2D eigenvalue weighted by molar-refractivity contribution is 4.84. The quantitative estimate of drug-likeness (QED) is 0.510. The summed E-state index contributed by atoms with van der Waals surface area (Å²) in [5.74, 6) is 0. The Hall–Kier alpha value is -0.590. The summed E-state index contributed by atoms with van der Waals surface area (Å²) >= 11 is 0. The van der Waals surface area contributed by atoms with E-state index in [9.17, 15) is 0 Å². The minimum atomic E-state index is 0.623. The minimum absolute atomic E-state index is 0.623. The van der Waals surface area contributed by atoms with Gasteiger partial charge in [0, 0.05) is 6.04 Å². The Kier molecular flexibility index (Phi) is 6.44. The third-order valence-corrected chi connectivity index (χ3v) is 3.42. The number of piperidine rings is 1. The zero-order valence-electron chi connectivity index (χ0n) is 10.8. The molecule has 1 aliphatic rings. The summed E-state index contributed by atoms with van der Waals surface area (Å²) in [7, 11) is 4.26. The zero-order chi connectivity index (χ0) is 11.8. The van der Waals surface area contributed by atoms with Crippen molar-refractivity contribution >= 4 is 0 Å². The molecule has 1 fully saturated rings. The first-order valence-corrected chi connectivity index (χ1v) is 6.49. The second-order valence-electron chi connectivity index (χ2n) is 5.08. The van der Waals surface area contributed by atoms with E-state index >= 15 is 0 Å². The maximum atomic E-state index is 8.78. The molecule has 0 saturated carbocycles. The number of hydrogen-bond acceptors (Lipinski definition) is 3. The Morgan fingerprint density at radius 1 is 1.31 bits per heavy atom. The van der Waals surface area contributed by atoms with Crippen molar-refractivity contribution in [2.45, 2.75) is 44.6 Å². The molecule has 0 radical (unpaired) electrons. The van der Waals surface area contributed by atoms with Gasteiger partial charge in [-0.15, -0.1) is 0 Å². The standard InChI is InChI=1S/C13H25N3/c1-15(2)10-5-3-7-13-8-4-6-11-16(13)12-9-14/h13H,3-8,10-12H2,1-2H3. The smallest absolute Gasteiger partial charge is 0.0868 e. The van der Waals surface area contributed by atoms with Crippen LogP contribution in [0.25, 0.3) is 0 Å². The van der Waals surface area contributed by atoms with Crippen molar-refractivity contribution in [2.24, 2.45) is 0 Å². The largest absolute Gasteiger partial charge is 0.309 e. The van der Waals surface area contributed by atoms with Crippen molar-refractivity contribution in [1.29, 1.82) is 5.26 Å². The number of nitrogens with zero attached hydrogens (tertiary/aromatic N) is 3. The second-order valence-corrected chi connectivity index (χ2v) is 5.08. The molecule has 0 amide bonds. The molecule has 3 nitrogen and oxygen atoms in total. The maximum Gasteiger partial charge on any atom is 0.0868 e. The summed E-state index contributed by atoms with van der Waals surface area (Å²) in [5.41, 5.74) is 0. The van der Waals surface area contributed by atoms with Gasteiger partial charge < -0.3 is 4.90 Å². The molecule has 3 heteroatoms. The van der Waals surface area contributed by atoms with E-state index in [1.807, 2.05) is 0 Å². The van der Waals surface area contributed by atoms with E-state index in [2.05, 4.69) is 30.0 Å². The van der Waals surface area contributed by atoms with Crippen molar-refractivity contribution < 1.29 is 0 Å². The highest BCUT2D eigenvalue weighted by atomic mass is 15.2. The summed E-state index contributed by atoms with van der Waals surface area (Å²) in [4.78, 5) is 4.62. The second kappa shape index (κ2) is 7.65. The van der Waals surface area contributed by atoms with Gasteiger partial charge in [0.25, 0.3) is 0 Å². The third kappa shape index (κ3) is 4.96. The van der Waals surface area contributed by atoms with Crippen LogP contribution in [0.3, 0.4) is 0 Å². The van der Waals surface area contributed by atoms with Gasteiger partial charge in [0.05, 0.1) is 12.6 Å². The number of unbranched alkanes of at least 4 members (excludes halogenated alkanes) is 1. The van der Waals surface area contributed by atoms with Crippen LogP contribution in [0, 0.1) is 11.3 Å². The molecule has 0 bridgehead atoms. The van der Waals surface area contributed by atoms with Gasteiger partial charge in [0.15, 0.2) is 0 Å². The molecule has 1 heterocycles. The maximum absolute atomic E-state index is 8.78. The fourth-order valence-corrected chi connectivity index (χ4v) is 2.49. The van der Waals surface area contributed by atoms with Gasteiger partial charge in [-0.05, 0) is 52.9 Å². The molecule has 0 spiro atoms. The summed E-state index contributed by atoms with van der Waals surface area (Å²) in [6, 6.07) is 2.97. The van der Waals surface area contributed by atoms with Gasteiger partial charge in [-0.2, -0.15) is 5.26 Å². The lowest BCUT2D eigenvalue weighted by Gasteiger charge is -2.34. The number of nitriles is 1. The highest BCUT2D eigenvalue weighted by Gasteiger charge is 2.21. The molecule has 1 aliphatic heterocycles. The van der Waals surface area contributed by atoms with E-state index < -0.39 is 0 Å². The lowest BCUT2D eigenvalue weighted by atomic mass is 9.97. The normalized spacial score (nSPS) is 22.2. The van der Waals surface area contributed by atoms with E-state index in [1.165, 1.54) is 45.1 Å². The summed E-state index contributed by atoms with van der Waals surface area (Å²) in [5, 5.41) is 8.78. The van der Waals surface area contributed by atoms with Gasteiger partial charge in [0.1, 0.15) is 0 Å². The average molecular weight is 223 g/mol. The zero-order valence-corrected chi connectivity index (χ0v) is 10.8. The molecule has 0 aromatic heterocycles. The third-order valence-electron chi connectivity index (χ3n) is 3.42. The Labute approximate surface area is 100 Å². The molecular weight excluding hydrogens is 198 g/mol. The van der Waals surface area contributed by atoms with Crippen molar-refractivity contribution in [3.8, 4) is 6.07 Å². The van der Waals surface area contributed by atoms with E-state index in [0.29, 0.717) is 12.6 Å². The number of rotatable bonds is 6. The Morgan fingerprint density at radius 3 is 2.81 bits per heavy atom.